The van der Waals surface area contributed by atoms with E-state index in [2.05, 4.69) is 35.9 Å². The van der Waals surface area contributed by atoms with Crippen molar-refractivity contribution in [1.29, 1.82) is 0 Å². The van der Waals surface area contributed by atoms with Crippen LogP contribution in [0.2, 0.25) is 5.02 Å². The Morgan fingerprint density at radius 1 is 1.16 bits per heavy atom. The lowest BCUT2D eigenvalue weighted by Crippen LogP contribution is -2.27. The first-order valence-electron chi connectivity index (χ1n) is 8.89. The number of aromatic nitrogens is 4. The van der Waals surface area contributed by atoms with Crippen LogP contribution in [-0.4, -0.2) is 32.9 Å². The summed E-state index contributed by atoms with van der Waals surface area (Å²) >= 11 is 6.88. The number of halogens is 4. The van der Waals surface area contributed by atoms with Crippen molar-refractivity contribution in [2.45, 2.75) is 25.7 Å². The van der Waals surface area contributed by atoms with Crippen LogP contribution in [0.4, 0.5) is 24.8 Å². The molecule has 0 aliphatic heterocycles. The van der Waals surface area contributed by atoms with Crippen LogP contribution in [0.1, 0.15) is 38.9 Å². The Hall–Kier alpha value is -2.99. The fraction of sp³-hybridized carbons (Fsp3) is 0.278. The average Bonchev–Trinajstić information content (AvgIpc) is 3.21. The summed E-state index contributed by atoms with van der Waals surface area (Å²) in [4.78, 5) is 29.2. The largest absolute Gasteiger partial charge is 0.418 e. The van der Waals surface area contributed by atoms with E-state index in [0.29, 0.717) is 10.8 Å². The number of hydrogen-bond donors (Lipinski definition) is 3. The van der Waals surface area contributed by atoms with Crippen LogP contribution >= 0.6 is 22.9 Å². The molecule has 0 fully saturated rings. The van der Waals surface area contributed by atoms with E-state index >= 15 is 0 Å². The van der Waals surface area contributed by atoms with Crippen LogP contribution in [0, 0.1) is 0 Å². The van der Waals surface area contributed by atoms with Gasteiger partial charge in [0.15, 0.2) is 0 Å². The van der Waals surface area contributed by atoms with Crippen molar-refractivity contribution in [3.8, 4) is 0 Å². The number of rotatable bonds is 7. The van der Waals surface area contributed by atoms with Gasteiger partial charge in [0.1, 0.15) is 28.7 Å². The monoisotopic (exact) mass is 471 g/mol. The van der Waals surface area contributed by atoms with Crippen molar-refractivity contribution in [2.24, 2.45) is 0 Å². The summed E-state index contributed by atoms with van der Waals surface area (Å²) in [6.45, 7) is 1.98. The predicted molar refractivity (Wildman–Crippen MR) is 111 cm³/mol. The second kappa shape index (κ2) is 9.43. The van der Waals surface area contributed by atoms with Crippen molar-refractivity contribution in [3.63, 3.8) is 0 Å². The summed E-state index contributed by atoms with van der Waals surface area (Å²) < 4.78 is 38.9. The Labute approximate surface area is 184 Å². The normalized spacial score (nSPS) is 12.3. The molecule has 0 radical (unpaired) electrons. The second-order valence-electron chi connectivity index (χ2n) is 6.30. The zero-order chi connectivity index (χ0) is 22.6. The Bertz CT molecular complexity index is 1080. The summed E-state index contributed by atoms with van der Waals surface area (Å²) in [5, 5.41) is 8.62. The minimum Gasteiger partial charge on any atom is -0.373 e. The minimum absolute atomic E-state index is 0.0390. The molecule has 3 heterocycles. The molecule has 8 nitrogen and oxygen atoms in total. The number of anilines is 2. The van der Waals surface area contributed by atoms with Crippen LogP contribution in [0.3, 0.4) is 0 Å². The molecule has 13 heteroatoms. The van der Waals surface area contributed by atoms with Gasteiger partial charge in [0, 0.05) is 30.4 Å². The molecule has 3 N–H and O–H groups in total. The molecule has 0 bridgehead atoms. The molecule has 0 aliphatic rings. The third-order valence-corrected chi connectivity index (χ3v) is 5.53. The zero-order valence-electron chi connectivity index (χ0n) is 16.3. The third-order valence-electron chi connectivity index (χ3n) is 4.05. The Morgan fingerprint density at radius 3 is 2.65 bits per heavy atom. The highest BCUT2D eigenvalue weighted by Gasteiger charge is 2.33. The lowest BCUT2D eigenvalue weighted by atomic mass is 10.2. The van der Waals surface area contributed by atoms with Gasteiger partial charge in [-0.15, -0.1) is 11.3 Å². The number of thiazole rings is 1. The van der Waals surface area contributed by atoms with Crippen LogP contribution in [0.5, 0.6) is 0 Å². The first kappa shape index (κ1) is 22.7. The predicted octanol–water partition coefficient (Wildman–Crippen LogP) is 4.15. The fourth-order valence-electron chi connectivity index (χ4n) is 2.49. The zero-order valence-corrected chi connectivity index (χ0v) is 17.9. The molecule has 31 heavy (non-hydrogen) atoms. The van der Waals surface area contributed by atoms with Gasteiger partial charge in [-0.25, -0.2) is 19.9 Å². The second-order valence-corrected chi connectivity index (χ2v) is 7.85. The Balaban J connectivity index is 1.61. The van der Waals surface area contributed by atoms with E-state index in [4.69, 9.17) is 11.6 Å². The number of nitrogens with zero attached hydrogens (tertiary/aromatic N) is 4. The van der Waals surface area contributed by atoms with Gasteiger partial charge in [-0.2, -0.15) is 13.2 Å². The number of nitrogens with one attached hydrogen (secondary N) is 3. The van der Waals surface area contributed by atoms with Gasteiger partial charge in [0.25, 0.3) is 5.91 Å². The molecule has 3 rings (SSSR count). The van der Waals surface area contributed by atoms with Gasteiger partial charge in [-0.3, -0.25) is 4.79 Å². The molecule has 164 valence electrons. The van der Waals surface area contributed by atoms with E-state index in [0.717, 1.165) is 17.1 Å². The SMILES string of the molecule is CNc1cc(C(=O)N[C@H](C)c2ncc(CNc3cc(C(F)(F)F)c(Cl)cn3)s2)ncn1. The highest BCUT2D eigenvalue weighted by Crippen LogP contribution is 2.35. The molecule has 0 saturated carbocycles. The number of alkyl halides is 3. The summed E-state index contributed by atoms with van der Waals surface area (Å²) in [6.07, 6.45) is -0.748. The summed E-state index contributed by atoms with van der Waals surface area (Å²) in [5.74, 6) is 0.170. The molecule has 3 aromatic rings. The van der Waals surface area contributed by atoms with E-state index in [1.165, 1.54) is 23.7 Å². The van der Waals surface area contributed by atoms with Gasteiger partial charge in [0.05, 0.1) is 23.2 Å². The van der Waals surface area contributed by atoms with Crippen LogP contribution in [0.15, 0.2) is 30.9 Å². The van der Waals surface area contributed by atoms with Gasteiger partial charge in [0.2, 0.25) is 0 Å². The van der Waals surface area contributed by atoms with Crippen LogP contribution in [-0.2, 0) is 12.7 Å². The first-order chi connectivity index (χ1) is 14.7. The van der Waals surface area contributed by atoms with E-state index < -0.39 is 22.8 Å². The number of pyridine rings is 1. The number of hydrogen-bond acceptors (Lipinski definition) is 8. The lowest BCUT2D eigenvalue weighted by Gasteiger charge is -2.11. The van der Waals surface area contributed by atoms with Gasteiger partial charge in [-0.1, -0.05) is 11.6 Å². The topological polar surface area (TPSA) is 105 Å². The number of carbonyl (C=O) groups is 1. The summed E-state index contributed by atoms with van der Waals surface area (Å²) in [6, 6.07) is 1.98. The molecule has 0 aliphatic carbocycles. The van der Waals surface area contributed by atoms with Crippen molar-refractivity contribution in [1.82, 2.24) is 25.3 Å². The van der Waals surface area contributed by atoms with Gasteiger partial charge >= 0.3 is 6.18 Å². The molecule has 0 aromatic carbocycles. The summed E-state index contributed by atoms with van der Waals surface area (Å²) in [5.41, 5.74) is -0.752. The highest BCUT2D eigenvalue weighted by molar-refractivity contribution is 7.11. The fourth-order valence-corrected chi connectivity index (χ4v) is 3.56. The standard InChI is InChI=1S/C18H17ClF3N7OS/c1-9(29-16(30)13-4-14(23-2)28-8-27-13)17-26-6-10(31-17)5-24-15-3-11(18(20,21)22)12(19)7-25-15/h3-4,6-9H,5H2,1-2H3,(H,24,25)(H,29,30)(H,23,27,28)/t9-/m1/s1. The molecular weight excluding hydrogens is 455 g/mol. The maximum absolute atomic E-state index is 13.0. The number of amides is 1. The maximum atomic E-state index is 13.0. The van der Waals surface area contributed by atoms with E-state index in [-0.39, 0.29) is 24.0 Å². The molecule has 0 saturated heterocycles. The molecule has 1 atom stereocenters. The third kappa shape index (κ3) is 5.79. The number of carbonyl (C=O) groups excluding carboxylic acids is 1. The molecule has 1 amide bonds. The van der Waals surface area contributed by atoms with Crippen molar-refractivity contribution >= 4 is 40.5 Å². The average molecular weight is 472 g/mol. The highest BCUT2D eigenvalue weighted by atomic mass is 35.5. The smallest absolute Gasteiger partial charge is 0.373 e. The van der Waals surface area contributed by atoms with Crippen LogP contribution in [0.25, 0.3) is 0 Å². The minimum atomic E-state index is -4.57. The van der Waals surface area contributed by atoms with Gasteiger partial charge in [-0.05, 0) is 13.0 Å². The molecule has 0 spiro atoms. The first-order valence-corrected chi connectivity index (χ1v) is 10.1. The van der Waals surface area contributed by atoms with Gasteiger partial charge < -0.3 is 16.0 Å². The van der Waals surface area contributed by atoms with Crippen molar-refractivity contribution in [2.75, 3.05) is 17.7 Å². The van der Waals surface area contributed by atoms with Crippen LogP contribution < -0.4 is 16.0 Å². The van der Waals surface area contributed by atoms with Crippen molar-refractivity contribution < 1.29 is 18.0 Å². The summed E-state index contributed by atoms with van der Waals surface area (Å²) in [7, 11) is 1.68. The molecule has 0 unspecified atom stereocenters. The van der Waals surface area contributed by atoms with E-state index in [1.54, 1.807) is 20.2 Å². The van der Waals surface area contributed by atoms with E-state index in [1.807, 2.05) is 0 Å². The molecular formula is C18H17ClF3N7OS. The quantitative estimate of drug-likeness (QED) is 0.475. The Morgan fingerprint density at radius 2 is 1.94 bits per heavy atom. The van der Waals surface area contributed by atoms with E-state index in [9.17, 15) is 18.0 Å². The molecule has 3 aromatic heterocycles. The van der Waals surface area contributed by atoms with Crippen molar-refractivity contribution in [3.05, 3.63) is 57.0 Å². The Kier molecular flexibility index (Phi) is 6.91. The maximum Gasteiger partial charge on any atom is 0.418 e. The lowest BCUT2D eigenvalue weighted by molar-refractivity contribution is -0.137.